The molecule has 0 bridgehead atoms. The van der Waals surface area contributed by atoms with Crippen molar-refractivity contribution < 1.29 is 12.8 Å². The molecule has 4 rings (SSSR count). The summed E-state index contributed by atoms with van der Waals surface area (Å²) in [4.78, 5) is 2.87. The number of likely N-dealkylation sites (tertiary alicyclic amines) is 1. The third-order valence-electron chi connectivity index (χ3n) is 5.49. The normalized spacial score (nSPS) is 17.4. The van der Waals surface area contributed by atoms with Gasteiger partial charge in [-0.2, -0.15) is 0 Å². The molecular weight excluding hydrogens is 375 g/mol. The molecule has 4 nitrogen and oxygen atoms in total. The summed E-state index contributed by atoms with van der Waals surface area (Å²) in [6, 6.07) is 13.5. The van der Waals surface area contributed by atoms with E-state index in [1.165, 1.54) is 17.7 Å². The smallest absolute Gasteiger partial charge is 0.178 e. The molecule has 0 aliphatic carbocycles. The summed E-state index contributed by atoms with van der Waals surface area (Å²) in [6.45, 7) is 6.20. The largest absolute Gasteiger partial charge is 0.384 e. The maximum Gasteiger partial charge on any atom is 0.178 e. The first kappa shape index (κ1) is 20.8. The van der Waals surface area contributed by atoms with Gasteiger partial charge in [0.2, 0.25) is 0 Å². The predicted octanol–water partition coefficient (Wildman–Crippen LogP) is 3.99. The molecule has 1 saturated heterocycles. The monoisotopic (exact) mass is 404 g/mol. The number of hydrogen-bond donors (Lipinski definition) is 1. The van der Waals surface area contributed by atoms with Crippen LogP contribution in [0.5, 0.6) is 0 Å². The second-order valence-corrected chi connectivity index (χ2v) is 9.48. The fourth-order valence-corrected chi connectivity index (χ4v) is 5.47. The maximum absolute atomic E-state index is 12.6. The van der Waals surface area contributed by atoms with E-state index in [9.17, 15) is 12.8 Å². The average molecular weight is 405 g/mol. The highest BCUT2D eigenvalue weighted by Crippen LogP contribution is 2.28. The van der Waals surface area contributed by atoms with Crippen molar-refractivity contribution in [2.45, 2.75) is 31.1 Å². The van der Waals surface area contributed by atoms with Gasteiger partial charge >= 0.3 is 0 Å². The minimum atomic E-state index is -3.16. The quantitative estimate of drug-likeness (QED) is 0.837. The van der Waals surface area contributed by atoms with Gasteiger partial charge in [-0.05, 0) is 74.6 Å². The van der Waals surface area contributed by atoms with Gasteiger partial charge in [0.05, 0.1) is 10.6 Å². The van der Waals surface area contributed by atoms with Gasteiger partial charge in [0.15, 0.2) is 9.84 Å². The molecule has 1 N–H and O–H groups in total. The zero-order chi connectivity index (χ0) is 20.0. The number of sulfone groups is 1. The number of hydrogen-bond acceptors (Lipinski definition) is 4. The van der Waals surface area contributed by atoms with E-state index in [2.05, 4.69) is 17.1 Å². The zero-order valence-electron chi connectivity index (χ0n) is 16.4. The molecule has 2 aliphatic rings. The number of nitrogens with one attached hydrogen (secondary N) is 1. The van der Waals surface area contributed by atoms with E-state index in [0.717, 1.165) is 51.1 Å². The first-order valence-electron chi connectivity index (χ1n) is 10.0. The molecular formula is C22H29FN2O2S. The minimum Gasteiger partial charge on any atom is -0.384 e. The van der Waals surface area contributed by atoms with Crippen molar-refractivity contribution >= 4 is 15.5 Å². The Hall–Kier alpha value is -1.92. The maximum atomic E-state index is 12.6. The molecule has 0 radical (unpaired) electrons. The lowest BCUT2D eigenvalue weighted by Crippen LogP contribution is -2.35. The molecule has 2 aromatic carbocycles. The molecule has 2 aliphatic heterocycles. The Morgan fingerprint density at radius 2 is 1.82 bits per heavy atom. The number of benzene rings is 2. The molecule has 0 amide bonds. The van der Waals surface area contributed by atoms with Crippen molar-refractivity contribution in [2.24, 2.45) is 5.92 Å². The fourth-order valence-electron chi connectivity index (χ4n) is 3.75. The molecule has 0 saturated carbocycles. The number of halogens is 1. The van der Waals surface area contributed by atoms with Crippen LogP contribution in [0, 0.1) is 11.7 Å². The van der Waals surface area contributed by atoms with Gasteiger partial charge in [0, 0.05) is 12.2 Å². The van der Waals surface area contributed by atoms with Crippen LogP contribution < -0.4 is 5.32 Å². The van der Waals surface area contributed by atoms with Crippen LogP contribution in [0.25, 0.3) is 0 Å². The van der Waals surface area contributed by atoms with Crippen LogP contribution in [-0.2, 0) is 16.3 Å². The highest BCUT2D eigenvalue weighted by Gasteiger charge is 2.26. The van der Waals surface area contributed by atoms with Crippen LogP contribution >= 0.6 is 0 Å². The van der Waals surface area contributed by atoms with E-state index in [0.29, 0.717) is 16.6 Å². The van der Waals surface area contributed by atoms with Gasteiger partial charge in [0.1, 0.15) is 5.82 Å². The Labute approximate surface area is 167 Å². The van der Waals surface area contributed by atoms with E-state index in [1.54, 1.807) is 24.3 Å². The van der Waals surface area contributed by atoms with Gasteiger partial charge in [-0.25, -0.2) is 12.8 Å². The minimum absolute atomic E-state index is 0.178. The van der Waals surface area contributed by atoms with Crippen LogP contribution in [0.4, 0.5) is 10.1 Å². The standard InChI is InChI=1S/C16H24N2O2S.C6H5F/c1-2-18-9-6-13(7-10-18)12-21(19,20)15-4-3-14-5-8-17-16(14)11-15;7-6-4-2-1-3-5-6/h3-4,11,13,17H,2,5-10,12H2,1H3;1-5H. The van der Waals surface area contributed by atoms with Crippen molar-refractivity contribution in [3.05, 3.63) is 59.9 Å². The van der Waals surface area contributed by atoms with Gasteiger partial charge in [-0.3, -0.25) is 0 Å². The first-order chi connectivity index (χ1) is 13.5. The third-order valence-corrected chi connectivity index (χ3v) is 7.38. The molecule has 0 aromatic heterocycles. The summed E-state index contributed by atoms with van der Waals surface area (Å²) in [5.74, 6) is 0.421. The van der Waals surface area contributed by atoms with Gasteiger partial charge in [-0.15, -0.1) is 0 Å². The lowest BCUT2D eigenvalue weighted by Gasteiger charge is -2.30. The second kappa shape index (κ2) is 9.52. The van der Waals surface area contributed by atoms with Crippen molar-refractivity contribution in [2.75, 3.05) is 37.2 Å². The van der Waals surface area contributed by atoms with Crippen LogP contribution in [0.2, 0.25) is 0 Å². The van der Waals surface area contributed by atoms with E-state index in [4.69, 9.17) is 0 Å². The number of fused-ring (bicyclic) bond motifs is 1. The molecule has 152 valence electrons. The van der Waals surface area contributed by atoms with E-state index >= 15 is 0 Å². The van der Waals surface area contributed by atoms with Crippen LogP contribution in [0.1, 0.15) is 25.3 Å². The van der Waals surface area contributed by atoms with Gasteiger partial charge in [0.25, 0.3) is 0 Å². The van der Waals surface area contributed by atoms with Crippen molar-refractivity contribution in [1.82, 2.24) is 4.90 Å². The highest BCUT2D eigenvalue weighted by molar-refractivity contribution is 7.91. The summed E-state index contributed by atoms with van der Waals surface area (Å²) in [7, 11) is -3.16. The van der Waals surface area contributed by atoms with Crippen LogP contribution in [-0.4, -0.2) is 45.2 Å². The van der Waals surface area contributed by atoms with Crippen molar-refractivity contribution in [3.63, 3.8) is 0 Å². The predicted molar refractivity (Wildman–Crippen MR) is 112 cm³/mol. The summed E-state index contributed by atoms with van der Waals surface area (Å²) in [6.07, 6.45) is 2.98. The van der Waals surface area contributed by atoms with E-state index in [1.807, 2.05) is 12.1 Å². The topological polar surface area (TPSA) is 49.4 Å². The molecule has 0 unspecified atom stereocenters. The Morgan fingerprint density at radius 1 is 1.11 bits per heavy atom. The molecule has 2 heterocycles. The highest BCUT2D eigenvalue weighted by atomic mass is 32.2. The molecule has 6 heteroatoms. The number of nitrogens with zero attached hydrogens (tertiary/aromatic N) is 1. The second-order valence-electron chi connectivity index (χ2n) is 7.45. The fraction of sp³-hybridized carbons (Fsp3) is 0.455. The number of anilines is 1. The van der Waals surface area contributed by atoms with Gasteiger partial charge in [-0.1, -0.05) is 31.2 Å². The lowest BCUT2D eigenvalue weighted by molar-refractivity contribution is 0.202. The Morgan fingerprint density at radius 3 is 2.43 bits per heavy atom. The van der Waals surface area contributed by atoms with E-state index in [-0.39, 0.29) is 5.82 Å². The average Bonchev–Trinajstić information content (AvgIpc) is 3.17. The number of piperidine rings is 1. The molecule has 0 spiro atoms. The van der Waals surface area contributed by atoms with Crippen LogP contribution in [0.3, 0.4) is 0 Å². The Kier molecular flexibility index (Phi) is 7.08. The molecule has 0 atom stereocenters. The summed E-state index contributed by atoms with van der Waals surface area (Å²) in [5, 5.41) is 3.26. The summed E-state index contributed by atoms with van der Waals surface area (Å²) < 4.78 is 37.1. The molecule has 1 fully saturated rings. The first-order valence-corrected chi connectivity index (χ1v) is 11.7. The number of rotatable bonds is 4. The third kappa shape index (κ3) is 5.55. The van der Waals surface area contributed by atoms with Crippen molar-refractivity contribution in [3.8, 4) is 0 Å². The summed E-state index contributed by atoms with van der Waals surface area (Å²) >= 11 is 0. The van der Waals surface area contributed by atoms with E-state index < -0.39 is 9.84 Å². The summed E-state index contributed by atoms with van der Waals surface area (Å²) in [5.41, 5.74) is 2.22. The Balaban J connectivity index is 0.000000271. The van der Waals surface area contributed by atoms with Crippen LogP contribution in [0.15, 0.2) is 53.4 Å². The lowest BCUT2D eigenvalue weighted by atomic mass is 9.99. The van der Waals surface area contributed by atoms with Crippen molar-refractivity contribution in [1.29, 1.82) is 0 Å². The zero-order valence-corrected chi connectivity index (χ0v) is 17.2. The Bertz CT molecular complexity index is 863. The molecule has 28 heavy (non-hydrogen) atoms. The molecule has 2 aromatic rings. The SMILES string of the molecule is CCN1CCC(CS(=O)(=O)c2ccc3c(c2)NCC3)CC1.Fc1ccccc1. The van der Waals surface area contributed by atoms with Gasteiger partial charge < -0.3 is 10.2 Å².